The number of methoxy groups -OCH3 is 1. The van der Waals surface area contributed by atoms with E-state index in [1.54, 1.807) is 7.11 Å². The molecule has 1 rings (SSSR count). The topological polar surface area (TPSA) is 21.3 Å². The Kier molecular flexibility index (Phi) is 2.90. The average molecular weight is 157 g/mol. The van der Waals surface area contributed by atoms with Gasteiger partial charge in [-0.1, -0.05) is 6.92 Å². The van der Waals surface area contributed by atoms with E-state index in [0.717, 1.165) is 6.61 Å². The first kappa shape index (κ1) is 9.01. The van der Waals surface area contributed by atoms with Crippen LogP contribution < -0.4 is 5.32 Å². The van der Waals surface area contributed by atoms with E-state index in [4.69, 9.17) is 4.74 Å². The van der Waals surface area contributed by atoms with E-state index < -0.39 is 0 Å². The maximum Gasteiger partial charge on any atom is 0.0468 e. The minimum atomic E-state index is 0.468. The zero-order valence-electron chi connectivity index (χ0n) is 7.81. The summed E-state index contributed by atoms with van der Waals surface area (Å²) < 4.78 is 5.09. The van der Waals surface area contributed by atoms with Crippen LogP contribution in [0.25, 0.3) is 0 Å². The molecule has 0 aromatic rings. The van der Waals surface area contributed by atoms with Crippen LogP contribution in [0.2, 0.25) is 0 Å². The molecule has 0 saturated carbocycles. The highest BCUT2D eigenvalue weighted by Gasteiger charge is 2.34. The molecule has 2 atom stereocenters. The Balaban J connectivity index is 2.38. The second kappa shape index (κ2) is 3.55. The quantitative estimate of drug-likeness (QED) is 0.669. The van der Waals surface area contributed by atoms with Gasteiger partial charge >= 0.3 is 0 Å². The summed E-state index contributed by atoms with van der Waals surface area (Å²) in [5, 5.41) is 3.46. The van der Waals surface area contributed by atoms with Crippen molar-refractivity contribution in [2.24, 2.45) is 5.41 Å². The van der Waals surface area contributed by atoms with Gasteiger partial charge in [-0.05, 0) is 31.7 Å². The summed E-state index contributed by atoms with van der Waals surface area (Å²) >= 11 is 0. The zero-order valence-corrected chi connectivity index (χ0v) is 7.81. The first-order chi connectivity index (χ1) is 5.19. The number of nitrogens with one attached hydrogen (secondary N) is 1. The number of hydrogen-bond acceptors (Lipinski definition) is 2. The lowest BCUT2D eigenvalue weighted by atomic mass is 9.80. The van der Waals surface area contributed by atoms with Crippen molar-refractivity contribution < 1.29 is 4.74 Å². The molecule has 0 radical (unpaired) electrons. The molecule has 0 bridgehead atoms. The van der Waals surface area contributed by atoms with Gasteiger partial charge in [-0.3, -0.25) is 0 Å². The van der Waals surface area contributed by atoms with Gasteiger partial charge in [0.1, 0.15) is 0 Å². The summed E-state index contributed by atoms with van der Waals surface area (Å²) in [5.74, 6) is 0. The average Bonchev–Trinajstić information content (AvgIpc) is 2.30. The van der Waals surface area contributed by atoms with E-state index in [2.05, 4.69) is 19.2 Å². The second-order valence-corrected chi connectivity index (χ2v) is 3.82. The summed E-state index contributed by atoms with van der Waals surface area (Å²) in [6.07, 6.45) is 2.47. The molecule has 11 heavy (non-hydrogen) atoms. The van der Waals surface area contributed by atoms with Crippen LogP contribution in [0, 0.1) is 5.41 Å². The van der Waals surface area contributed by atoms with Crippen LogP contribution in [0.5, 0.6) is 0 Å². The summed E-state index contributed by atoms with van der Waals surface area (Å²) in [5.41, 5.74) is 0.468. The lowest BCUT2D eigenvalue weighted by Crippen LogP contribution is -2.32. The van der Waals surface area contributed by atoms with Gasteiger partial charge in [0.2, 0.25) is 0 Å². The third-order valence-corrected chi connectivity index (χ3v) is 3.07. The largest absolute Gasteiger partial charge is 0.385 e. The fourth-order valence-corrected chi connectivity index (χ4v) is 1.71. The van der Waals surface area contributed by atoms with E-state index in [9.17, 15) is 0 Å². The Morgan fingerprint density at radius 1 is 1.64 bits per heavy atom. The van der Waals surface area contributed by atoms with E-state index in [-0.39, 0.29) is 0 Å². The van der Waals surface area contributed by atoms with Crippen molar-refractivity contribution >= 4 is 0 Å². The summed E-state index contributed by atoms with van der Waals surface area (Å²) in [6.45, 7) is 6.67. The molecule has 1 aliphatic heterocycles. The van der Waals surface area contributed by atoms with Crippen molar-refractivity contribution in [3.63, 3.8) is 0 Å². The Labute approximate surface area is 69.3 Å². The van der Waals surface area contributed by atoms with Crippen LogP contribution in [0.1, 0.15) is 26.7 Å². The van der Waals surface area contributed by atoms with Crippen molar-refractivity contribution in [1.82, 2.24) is 5.32 Å². The van der Waals surface area contributed by atoms with Crippen LogP contribution >= 0.6 is 0 Å². The molecule has 1 N–H and O–H groups in total. The Bertz CT molecular complexity index is 127. The third kappa shape index (κ3) is 1.94. The van der Waals surface area contributed by atoms with Gasteiger partial charge in [-0.25, -0.2) is 0 Å². The number of ether oxygens (including phenoxy) is 1. The van der Waals surface area contributed by atoms with E-state index in [1.165, 1.54) is 19.4 Å². The molecule has 2 unspecified atom stereocenters. The van der Waals surface area contributed by atoms with Crippen LogP contribution in [-0.4, -0.2) is 26.3 Å². The van der Waals surface area contributed by atoms with Crippen LogP contribution in [-0.2, 0) is 4.74 Å². The van der Waals surface area contributed by atoms with Gasteiger partial charge in [0.05, 0.1) is 0 Å². The SMILES string of the molecule is COCCC1(C)CCNC1C. The van der Waals surface area contributed by atoms with Crippen molar-refractivity contribution in [2.75, 3.05) is 20.3 Å². The molecular weight excluding hydrogens is 138 g/mol. The van der Waals surface area contributed by atoms with E-state index >= 15 is 0 Å². The van der Waals surface area contributed by atoms with Crippen molar-refractivity contribution in [1.29, 1.82) is 0 Å². The minimum absolute atomic E-state index is 0.468. The molecule has 1 aliphatic rings. The second-order valence-electron chi connectivity index (χ2n) is 3.82. The predicted molar refractivity (Wildman–Crippen MR) is 46.7 cm³/mol. The fourth-order valence-electron chi connectivity index (χ4n) is 1.71. The summed E-state index contributed by atoms with van der Waals surface area (Å²) in [7, 11) is 1.77. The first-order valence-electron chi connectivity index (χ1n) is 4.41. The molecule has 66 valence electrons. The van der Waals surface area contributed by atoms with Crippen molar-refractivity contribution in [3.05, 3.63) is 0 Å². The molecule has 2 nitrogen and oxygen atoms in total. The van der Waals surface area contributed by atoms with Crippen LogP contribution in [0.15, 0.2) is 0 Å². The van der Waals surface area contributed by atoms with Crippen molar-refractivity contribution in [2.45, 2.75) is 32.7 Å². The maximum atomic E-state index is 5.09. The maximum absolute atomic E-state index is 5.09. The van der Waals surface area contributed by atoms with Gasteiger partial charge in [-0.15, -0.1) is 0 Å². The predicted octanol–water partition coefficient (Wildman–Crippen LogP) is 1.41. The lowest BCUT2D eigenvalue weighted by molar-refractivity contribution is 0.138. The van der Waals surface area contributed by atoms with Gasteiger partial charge < -0.3 is 10.1 Å². The fraction of sp³-hybridized carbons (Fsp3) is 1.00. The molecule has 0 spiro atoms. The highest BCUT2D eigenvalue weighted by molar-refractivity contribution is 4.90. The highest BCUT2D eigenvalue weighted by atomic mass is 16.5. The normalized spacial score (nSPS) is 37.9. The first-order valence-corrected chi connectivity index (χ1v) is 4.41. The highest BCUT2D eigenvalue weighted by Crippen LogP contribution is 2.33. The Morgan fingerprint density at radius 2 is 2.36 bits per heavy atom. The lowest BCUT2D eigenvalue weighted by Gasteiger charge is -2.28. The molecule has 1 fully saturated rings. The van der Waals surface area contributed by atoms with Gasteiger partial charge in [-0.2, -0.15) is 0 Å². The molecule has 2 heteroatoms. The molecule has 0 amide bonds. The van der Waals surface area contributed by atoms with Gasteiger partial charge in [0.25, 0.3) is 0 Å². The summed E-state index contributed by atoms with van der Waals surface area (Å²) in [4.78, 5) is 0. The number of hydrogen-bond donors (Lipinski definition) is 1. The smallest absolute Gasteiger partial charge is 0.0468 e. The number of rotatable bonds is 3. The monoisotopic (exact) mass is 157 g/mol. The summed E-state index contributed by atoms with van der Waals surface area (Å²) in [6, 6.07) is 0.651. The Hall–Kier alpha value is -0.0800. The molecule has 0 aromatic carbocycles. The van der Waals surface area contributed by atoms with Crippen molar-refractivity contribution in [3.8, 4) is 0 Å². The third-order valence-electron chi connectivity index (χ3n) is 3.07. The van der Waals surface area contributed by atoms with E-state index in [0.29, 0.717) is 11.5 Å². The molecule has 1 heterocycles. The van der Waals surface area contributed by atoms with Crippen LogP contribution in [0.3, 0.4) is 0 Å². The molecular formula is C9H19NO. The van der Waals surface area contributed by atoms with Gasteiger partial charge in [0, 0.05) is 19.8 Å². The van der Waals surface area contributed by atoms with E-state index in [1.807, 2.05) is 0 Å². The minimum Gasteiger partial charge on any atom is -0.385 e. The molecule has 0 aromatic heterocycles. The molecule has 0 aliphatic carbocycles. The van der Waals surface area contributed by atoms with Crippen LogP contribution in [0.4, 0.5) is 0 Å². The standard InChI is InChI=1S/C9H19NO/c1-8-9(2,4-6-10-8)5-7-11-3/h8,10H,4-7H2,1-3H3. The van der Waals surface area contributed by atoms with Gasteiger partial charge in [0.15, 0.2) is 0 Å². The zero-order chi connectivity index (χ0) is 8.32. The Morgan fingerprint density at radius 3 is 2.82 bits per heavy atom. The molecule has 1 saturated heterocycles.